The van der Waals surface area contributed by atoms with Crippen molar-refractivity contribution < 1.29 is 18.7 Å². The van der Waals surface area contributed by atoms with Gasteiger partial charge in [-0.25, -0.2) is 9.37 Å². The van der Waals surface area contributed by atoms with Gasteiger partial charge in [-0.15, -0.1) is 11.8 Å². The maximum Gasteiger partial charge on any atom is 0.228 e. The molecule has 1 aliphatic heterocycles. The molecule has 2 aromatic heterocycles. The van der Waals surface area contributed by atoms with Crippen LogP contribution in [0.1, 0.15) is 49.7 Å². The number of benzene rings is 2. The van der Waals surface area contributed by atoms with Crippen LogP contribution in [0.3, 0.4) is 0 Å². The van der Waals surface area contributed by atoms with Crippen LogP contribution in [0.5, 0.6) is 5.75 Å². The average Bonchev–Trinajstić information content (AvgIpc) is 3.60. The number of imidazole rings is 1. The molecule has 192 valence electrons. The number of nitrogens with two attached hydrogens (primary N) is 1. The molecule has 2 N–H and O–H groups in total. The molecule has 1 amide bonds. The smallest absolute Gasteiger partial charge is 0.228 e. The maximum absolute atomic E-state index is 14.6. The zero-order valence-corrected chi connectivity index (χ0v) is 21.4. The molecule has 0 unspecified atom stereocenters. The summed E-state index contributed by atoms with van der Waals surface area (Å²) >= 11 is 1.96. The Kier molecular flexibility index (Phi) is 6.55. The van der Waals surface area contributed by atoms with Crippen molar-refractivity contribution in [3.05, 3.63) is 71.8 Å². The fourth-order valence-corrected chi connectivity index (χ4v) is 7.07. The number of aromatic nitrogens is 2. The molecular formula is C29H30FN3O3S. The van der Waals surface area contributed by atoms with Gasteiger partial charge in [-0.05, 0) is 61.1 Å². The van der Waals surface area contributed by atoms with Crippen molar-refractivity contribution >= 4 is 34.2 Å². The zero-order chi connectivity index (χ0) is 25.4. The molecule has 2 aliphatic rings. The van der Waals surface area contributed by atoms with E-state index < -0.39 is 17.1 Å². The minimum Gasteiger partial charge on any atom is -0.489 e. The first-order valence-electron chi connectivity index (χ1n) is 12.9. The topological polar surface area (TPSA) is 78.9 Å². The van der Waals surface area contributed by atoms with E-state index in [9.17, 15) is 9.18 Å². The quantitative estimate of drug-likeness (QED) is 0.335. The fraction of sp³-hybridized carbons (Fsp3) is 0.379. The molecule has 6 rings (SSSR count). The highest BCUT2D eigenvalue weighted by atomic mass is 32.2. The van der Waals surface area contributed by atoms with Crippen LogP contribution < -0.4 is 10.5 Å². The van der Waals surface area contributed by atoms with Gasteiger partial charge >= 0.3 is 0 Å². The number of carbonyl (C=O) groups is 1. The normalized spacial score (nSPS) is 18.0. The van der Waals surface area contributed by atoms with Gasteiger partial charge in [-0.2, -0.15) is 0 Å². The number of amides is 1. The molecule has 1 saturated heterocycles. The molecule has 0 bridgehead atoms. The van der Waals surface area contributed by atoms with Crippen LogP contribution in [0, 0.1) is 5.82 Å². The third-order valence-corrected chi connectivity index (χ3v) is 9.16. The predicted molar refractivity (Wildman–Crippen MR) is 142 cm³/mol. The number of rotatable bonds is 7. The molecule has 1 aliphatic carbocycles. The molecule has 3 heterocycles. The minimum atomic E-state index is -0.943. The molecule has 1 saturated carbocycles. The Morgan fingerprint density at radius 1 is 1.16 bits per heavy atom. The molecule has 0 radical (unpaired) electrons. The first-order chi connectivity index (χ1) is 18.0. The van der Waals surface area contributed by atoms with Gasteiger partial charge in [0.05, 0.1) is 10.9 Å². The molecular weight excluding hydrogens is 489 g/mol. The zero-order valence-electron chi connectivity index (χ0n) is 20.6. The minimum absolute atomic E-state index is 0.266. The highest BCUT2D eigenvalue weighted by Gasteiger charge is 2.40. The van der Waals surface area contributed by atoms with Gasteiger partial charge in [0.15, 0.2) is 0 Å². The molecule has 6 nitrogen and oxygen atoms in total. The monoisotopic (exact) mass is 519 g/mol. The number of nitrogens with zero attached hydrogens (tertiary/aromatic N) is 2. The molecule has 2 aromatic carbocycles. The van der Waals surface area contributed by atoms with E-state index in [2.05, 4.69) is 33.7 Å². The van der Waals surface area contributed by atoms with Crippen molar-refractivity contribution in [1.82, 2.24) is 9.38 Å². The molecule has 4 aromatic rings. The number of fused-ring (bicyclic) bond motifs is 3. The van der Waals surface area contributed by atoms with Crippen LogP contribution in [-0.4, -0.2) is 33.8 Å². The second-order valence-electron chi connectivity index (χ2n) is 10.1. The van der Waals surface area contributed by atoms with E-state index in [0.29, 0.717) is 42.6 Å². The third-order valence-electron chi connectivity index (χ3n) is 7.76. The lowest BCUT2D eigenvalue weighted by Gasteiger charge is -2.34. The Morgan fingerprint density at radius 2 is 1.97 bits per heavy atom. The molecule has 8 heteroatoms. The van der Waals surface area contributed by atoms with Crippen molar-refractivity contribution in [2.75, 3.05) is 13.2 Å². The van der Waals surface area contributed by atoms with Gasteiger partial charge < -0.3 is 15.2 Å². The Morgan fingerprint density at radius 3 is 2.76 bits per heavy atom. The summed E-state index contributed by atoms with van der Waals surface area (Å²) in [5, 5.41) is 1.85. The van der Waals surface area contributed by atoms with E-state index >= 15 is 0 Å². The van der Waals surface area contributed by atoms with Crippen LogP contribution in [0.4, 0.5) is 4.39 Å². The SMILES string of the molecule is NC(=O)C1(c2cc(F)cc(OCc3ccc4c(SC5CCCC5)cc5nccn5c4c3)c2)CCOCC1. The summed E-state index contributed by atoms with van der Waals surface area (Å²) < 4.78 is 28.2. The fourth-order valence-electron chi connectivity index (χ4n) is 5.66. The van der Waals surface area contributed by atoms with Gasteiger partial charge in [0.1, 0.15) is 23.8 Å². The van der Waals surface area contributed by atoms with Crippen molar-refractivity contribution in [2.24, 2.45) is 5.73 Å². The first kappa shape index (κ1) is 24.2. The summed E-state index contributed by atoms with van der Waals surface area (Å²) in [7, 11) is 0. The second-order valence-corrected chi connectivity index (χ2v) is 11.4. The van der Waals surface area contributed by atoms with Crippen molar-refractivity contribution in [3.8, 4) is 5.75 Å². The highest BCUT2D eigenvalue weighted by molar-refractivity contribution is 8.00. The predicted octanol–water partition coefficient (Wildman–Crippen LogP) is 5.77. The summed E-state index contributed by atoms with van der Waals surface area (Å²) in [6.07, 6.45) is 9.78. The van der Waals surface area contributed by atoms with E-state index in [-0.39, 0.29) is 6.61 Å². The van der Waals surface area contributed by atoms with Crippen molar-refractivity contribution in [3.63, 3.8) is 0 Å². The third kappa shape index (κ3) is 4.68. The first-order valence-corrected chi connectivity index (χ1v) is 13.8. The number of carbonyl (C=O) groups excluding carboxylic acids is 1. The van der Waals surface area contributed by atoms with Gasteiger partial charge in [0, 0.05) is 47.2 Å². The Bertz CT molecular complexity index is 1460. The number of primary amides is 1. The van der Waals surface area contributed by atoms with Crippen LogP contribution in [-0.2, 0) is 21.6 Å². The lowest BCUT2D eigenvalue weighted by Crippen LogP contribution is -2.45. The number of hydrogen-bond donors (Lipinski definition) is 1. The average molecular weight is 520 g/mol. The number of thioether (sulfide) groups is 1. The van der Waals surface area contributed by atoms with Crippen LogP contribution >= 0.6 is 11.8 Å². The van der Waals surface area contributed by atoms with E-state index in [4.69, 9.17) is 15.2 Å². The second kappa shape index (κ2) is 9.99. The Balaban J connectivity index is 1.29. The maximum atomic E-state index is 14.6. The van der Waals surface area contributed by atoms with Gasteiger partial charge in [0.25, 0.3) is 0 Å². The van der Waals surface area contributed by atoms with Gasteiger partial charge in [-0.3, -0.25) is 9.20 Å². The number of ether oxygens (including phenoxy) is 2. The molecule has 0 spiro atoms. The summed E-state index contributed by atoms with van der Waals surface area (Å²) in [5.41, 5.74) is 8.35. The summed E-state index contributed by atoms with van der Waals surface area (Å²) in [6, 6.07) is 13.0. The van der Waals surface area contributed by atoms with Crippen molar-refractivity contribution in [2.45, 2.75) is 60.7 Å². The highest BCUT2D eigenvalue weighted by Crippen LogP contribution is 2.39. The van der Waals surface area contributed by atoms with Crippen LogP contribution in [0.25, 0.3) is 16.6 Å². The van der Waals surface area contributed by atoms with Gasteiger partial charge in [0.2, 0.25) is 5.91 Å². The molecule has 2 fully saturated rings. The van der Waals surface area contributed by atoms with E-state index in [1.807, 2.05) is 24.2 Å². The summed E-state index contributed by atoms with van der Waals surface area (Å²) in [4.78, 5) is 18.2. The lowest BCUT2D eigenvalue weighted by molar-refractivity contribution is -0.127. The largest absolute Gasteiger partial charge is 0.489 e. The molecule has 37 heavy (non-hydrogen) atoms. The van der Waals surface area contributed by atoms with E-state index in [0.717, 1.165) is 16.7 Å². The number of halogens is 1. The Hall–Kier alpha value is -3.10. The van der Waals surface area contributed by atoms with Crippen LogP contribution in [0.2, 0.25) is 0 Å². The lowest BCUT2D eigenvalue weighted by atomic mass is 9.73. The molecule has 0 atom stereocenters. The number of hydrogen-bond acceptors (Lipinski definition) is 5. The Labute approximate surface area is 219 Å². The standard InChI is InChI=1S/C29H30FN3O3S/c30-21-14-20(29(28(31)34)7-11-35-12-8-29)15-22(16-21)36-18-19-5-6-24-25(13-19)33-10-9-32-27(33)17-26(24)37-23-3-1-2-4-23/h5-6,9-10,13-17,23H,1-4,7-8,11-12,18H2,(H2,31,34). The van der Waals surface area contributed by atoms with Gasteiger partial charge in [-0.1, -0.05) is 25.0 Å². The summed E-state index contributed by atoms with van der Waals surface area (Å²) in [6.45, 7) is 1.09. The van der Waals surface area contributed by atoms with E-state index in [1.165, 1.54) is 48.1 Å². The van der Waals surface area contributed by atoms with Crippen LogP contribution in [0.15, 0.2) is 59.8 Å². The number of pyridine rings is 1. The summed E-state index contributed by atoms with van der Waals surface area (Å²) in [5.74, 6) is -0.537. The van der Waals surface area contributed by atoms with Crippen molar-refractivity contribution in [1.29, 1.82) is 0 Å². The van der Waals surface area contributed by atoms with E-state index in [1.54, 1.807) is 6.07 Å².